The fraction of sp³-hybridized carbons (Fsp3) is 0.500. The molecule has 0 atom stereocenters. The number of piperidine rings is 2. The lowest BCUT2D eigenvalue weighted by Crippen LogP contribution is -2.39. The van der Waals surface area contributed by atoms with Crippen molar-refractivity contribution in [3.05, 3.63) is 59.5 Å². The van der Waals surface area contributed by atoms with Crippen LogP contribution >= 0.6 is 11.6 Å². The molecule has 9 heteroatoms. The highest BCUT2D eigenvalue weighted by Crippen LogP contribution is 2.36. The van der Waals surface area contributed by atoms with Crippen LogP contribution in [0.2, 0.25) is 5.02 Å². The molecule has 0 unspecified atom stereocenters. The number of ether oxygens (including phenoxy) is 1. The quantitative estimate of drug-likeness (QED) is 0.384. The summed E-state index contributed by atoms with van der Waals surface area (Å²) in [6.07, 6.45) is 12.2. The van der Waals surface area contributed by atoms with Crippen LogP contribution in [0.4, 0.5) is 0 Å². The summed E-state index contributed by atoms with van der Waals surface area (Å²) in [6, 6.07) is 10.1. The summed E-state index contributed by atoms with van der Waals surface area (Å²) in [6.45, 7) is 5.53. The monoisotopic (exact) mass is 554 g/mol. The maximum atomic E-state index is 13.0. The zero-order valence-corrected chi connectivity index (χ0v) is 23.4. The van der Waals surface area contributed by atoms with Crippen LogP contribution in [0.5, 0.6) is 0 Å². The van der Waals surface area contributed by atoms with E-state index in [1.54, 1.807) is 7.11 Å². The van der Waals surface area contributed by atoms with Crippen LogP contribution in [-0.2, 0) is 14.3 Å². The number of pyridine rings is 1. The number of fused-ring (bicyclic) bond motifs is 1. The van der Waals surface area contributed by atoms with Gasteiger partial charge in [0.05, 0.1) is 18.3 Å². The van der Waals surface area contributed by atoms with Gasteiger partial charge in [-0.25, -0.2) is 0 Å². The molecule has 2 aliphatic rings. The van der Waals surface area contributed by atoms with Gasteiger partial charge in [0.2, 0.25) is 5.91 Å². The Labute approximate surface area is 235 Å². The van der Waals surface area contributed by atoms with E-state index in [0.29, 0.717) is 24.2 Å². The second-order valence-electron chi connectivity index (χ2n) is 10.4. The van der Waals surface area contributed by atoms with Crippen molar-refractivity contribution in [3.63, 3.8) is 0 Å². The summed E-state index contributed by atoms with van der Waals surface area (Å²) in [4.78, 5) is 30.3. The van der Waals surface area contributed by atoms with Crippen LogP contribution < -0.4 is 0 Å². The van der Waals surface area contributed by atoms with Crippen molar-refractivity contribution in [1.82, 2.24) is 19.4 Å². The molecule has 1 amide bonds. The van der Waals surface area contributed by atoms with Crippen molar-refractivity contribution in [2.45, 2.75) is 44.4 Å². The van der Waals surface area contributed by atoms with E-state index in [9.17, 15) is 4.79 Å². The summed E-state index contributed by atoms with van der Waals surface area (Å²) >= 11 is 6.11. The standard InChI is InChI=1S/C29H37ClN4O2.CH2O2/c1-36-19-18-32-14-9-22(10-15-32)2-7-29(35)33-16-11-23(12-17-33)27-21-34(25-5-3-24(30)4-6-25)28-20-31-13-8-26(27)28;2-1-3/h3-6,8,13,20-23H,2,7,9-12,14-19H2,1H3;1H,(H,2,3). The largest absolute Gasteiger partial charge is 0.483 e. The predicted octanol–water partition coefficient (Wildman–Crippen LogP) is 5.22. The van der Waals surface area contributed by atoms with Gasteiger partial charge in [-0.3, -0.25) is 14.6 Å². The molecule has 1 N–H and O–H groups in total. The van der Waals surface area contributed by atoms with Crippen LogP contribution in [0.25, 0.3) is 16.6 Å². The molecule has 210 valence electrons. The molecule has 1 aromatic carbocycles. The lowest BCUT2D eigenvalue weighted by atomic mass is 9.88. The molecule has 0 radical (unpaired) electrons. The van der Waals surface area contributed by atoms with Gasteiger partial charge in [-0.15, -0.1) is 0 Å². The number of hydrogen-bond acceptors (Lipinski definition) is 5. The van der Waals surface area contributed by atoms with E-state index in [4.69, 9.17) is 26.2 Å². The van der Waals surface area contributed by atoms with E-state index in [1.165, 1.54) is 23.8 Å². The molecule has 2 fully saturated rings. The van der Waals surface area contributed by atoms with Gasteiger partial charge < -0.3 is 24.2 Å². The van der Waals surface area contributed by atoms with Crippen LogP contribution in [0.1, 0.15) is 50.0 Å². The highest BCUT2D eigenvalue weighted by atomic mass is 35.5. The van der Waals surface area contributed by atoms with E-state index >= 15 is 0 Å². The number of methoxy groups -OCH3 is 1. The minimum absolute atomic E-state index is 0.250. The Hall–Kier alpha value is -2.94. The lowest BCUT2D eigenvalue weighted by molar-refractivity contribution is -0.132. The van der Waals surface area contributed by atoms with Gasteiger partial charge in [-0.1, -0.05) is 11.6 Å². The minimum Gasteiger partial charge on any atom is -0.483 e. The van der Waals surface area contributed by atoms with Crippen molar-refractivity contribution in [2.75, 3.05) is 46.4 Å². The van der Waals surface area contributed by atoms with E-state index in [2.05, 4.69) is 31.6 Å². The number of benzene rings is 1. The molecule has 0 bridgehead atoms. The predicted molar refractivity (Wildman–Crippen MR) is 154 cm³/mol. The normalized spacial score (nSPS) is 17.1. The van der Waals surface area contributed by atoms with E-state index in [1.807, 2.05) is 36.7 Å². The van der Waals surface area contributed by atoms with Crippen molar-refractivity contribution in [1.29, 1.82) is 0 Å². The Balaban J connectivity index is 0.00000112. The highest BCUT2D eigenvalue weighted by molar-refractivity contribution is 6.30. The summed E-state index contributed by atoms with van der Waals surface area (Å²) in [5.41, 5.74) is 3.55. The molecular formula is C30H39ClN4O4. The van der Waals surface area contributed by atoms with Crippen molar-refractivity contribution >= 4 is 34.9 Å². The maximum Gasteiger partial charge on any atom is 0.290 e. The number of amides is 1. The molecule has 39 heavy (non-hydrogen) atoms. The number of likely N-dealkylation sites (tertiary alicyclic amines) is 2. The Kier molecular flexibility index (Phi) is 10.8. The molecular weight excluding hydrogens is 516 g/mol. The number of hydrogen-bond donors (Lipinski definition) is 1. The molecule has 2 saturated heterocycles. The smallest absolute Gasteiger partial charge is 0.290 e. The van der Waals surface area contributed by atoms with Gasteiger partial charge >= 0.3 is 0 Å². The number of rotatable bonds is 8. The number of halogens is 1. The van der Waals surface area contributed by atoms with Crippen molar-refractivity contribution < 1.29 is 19.4 Å². The SMILES string of the molecule is COCCN1CCC(CCC(=O)N2CCC(c3cn(-c4ccc(Cl)cc4)c4cnccc34)CC2)CC1.O=CO. The Bertz CT molecular complexity index is 1200. The molecule has 5 rings (SSSR count). The van der Waals surface area contributed by atoms with Crippen molar-refractivity contribution in [2.24, 2.45) is 5.92 Å². The first-order valence-corrected chi connectivity index (χ1v) is 14.2. The third-order valence-electron chi connectivity index (χ3n) is 8.12. The van der Waals surface area contributed by atoms with Crippen molar-refractivity contribution in [3.8, 4) is 5.69 Å². The molecule has 0 aliphatic carbocycles. The fourth-order valence-electron chi connectivity index (χ4n) is 5.89. The van der Waals surface area contributed by atoms with Gasteiger partial charge in [0, 0.05) is 61.7 Å². The summed E-state index contributed by atoms with van der Waals surface area (Å²) < 4.78 is 7.41. The second kappa shape index (κ2) is 14.4. The van der Waals surface area contributed by atoms with E-state index in [-0.39, 0.29) is 6.47 Å². The Morgan fingerprint density at radius 2 is 1.79 bits per heavy atom. The first kappa shape index (κ1) is 29.1. The van der Waals surface area contributed by atoms with Gasteiger partial charge in [-0.05, 0) is 92.9 Å². The van der Waals surface area contributed by atoms with Gasteiger partial charge in [0.15, 0.2) is 0 Å². The fourth-order valence-corrected chi connectivity index (χ4v) is 6.01. The average Bonchev–Trinajstić information content (AvgIpc) is 3.36. The summed E-state index contributed by atoms with van der Waals surface area (Å²) in [5.74, 6) is 1.46. The first-order chi connectivity index (χ1) is 19.0. The molecule has 2 aromatic heterocycles. The molecule has 0 spiro atoms. The summed E-state index contributed by atoms with van der Waals surface area (Å²) in [5, 5.41) is 8.87. The van der Waals surface area contributed by atoms with E-state index in [0.717, 1.165) is 74.8 Å². The maximum absolute atomic E-state index is 13.0. The number of carboxylic acid groups (broad SMARTS) is 1. The second-order valence-corrected chi connectivity index (χ2v) is 10.8. The lowest BCUT2D eigenvalue weighted by Gasteiger charge is -2.34. The molecule has 3 aromatic rings. The highest BCUT2D eigenvalue weighted by Gasteiger charge is 2.27. The average molecular weight is 555 g/mol. The number of nitrogens with zero attached hydrogens (tertiary/aromatic N) is 4. The third-order valence-corrected chi connectivity index (χ3v) is 8.37. The zero-order valence-electron chi connectivity index (χ0n) is 22.7. The number of carbonyl (C=O) groups excluding carboxylic acids is 1. The van der Waals surface area contributed by atoms with Gasteiger partial charge in [-0.2, -0.15) is 0 Å². The summed E-state index contributed by atoms with van der Waals surface area (Å²) in [7, 11) is 1.76. The molecule has 8 nitrogen and oxygen atoms in total. The van der Waals surface area contributed by atoms with Gasteiger partial charge in [0.25, 0.3) is 6.47 Å². The Morgan fingerprint density at radius 1 is 1.10 bits per heavy atom. The zero-order chi connectivity index (χ0) is 27.6. The van der Waals surface area contributed by atoms with E-state index < -0.39 is 0 Å². The van der Waals surface area contributed by atoms with Gasteiger partial charge in [0.1, 0.15) is 0 Å². The van der Waals surface area contributed by atoms with Crippen LogP contribution in [-0.4, -0.2) is 83.3 Å². The minimum atomic E-state index is -0.250. The van der Waals surface area contributed by atoms with Crippen LogP contribution in [0.3, 0.4) is 0 Å². The van der Waals surface area contributed by atoms with Crippen LogP contribution in [0.15, 0.2) is 48.9 Å². The molecule has 2 aliphatic heterocycles. The molecule has 0 saturated carbocycles. The number of carbonyl (C=O) groups is 2. The first-order valence-electron chi connectivity index (χ1n) is 13.8. The number of aromatic nitrogens is 2. The third kappa shape index (κ3) is 7.59. The topological polar surface area (TPSA) is 87.9 Å². The van der Waals surface area contributed by atoms with Crippen LogP contribution in [0, 0.1) is 5.92 Å². The Morgan fingerprint density at radius 3 is 2.46 bits per heavy atom. The molecule has 4 heterocycles.